The van der Waals surface area contributed by atoms with Crippen molar-refractivity contribution in [2.75, 3.05) is 24.3 Å². The molecule has 4 aromatic rings. The second kappa shape index (κ2) is 11.9. The molecule has 7 nitrogen and oxygen atoms in total. The molecule has 202 valence electrons. The molecule has 0 bridgehead atoms. The van der Waals surface area contributed by atoms with Gasteiger partial charge in [-0.25, -0.2) is 4.68 Å². The van der Waals surface area contributed by atoms with Crippen LogP contribution in [0.25, 0.3) is 16.9 Å². The minimum Gasteiger partial charge on any atom is -0.497 e. The van der Waals surface area contributed by atoms with Gasteiger partial charge in [0.05, 0.1) is 29.5 Å². The summed E-state index contributed by atoms with van der Waals surface area (Å²) < 4.78 is 7.14. The van der Waals surface area contributed by atoms with Crippen molar-refractivity contribution in [1.82, 2.24) is 15.1 Å². The molecular weight excluding hydrogens is 552 g/mol. The number of rotatable bonds is 8. The predicted octanol–water partition coefficient (Wildman–Crippen LogP) is 6.35. The Morgan fingerprint density at radius 3 is 2.56 bits per heavy atom. The maximum absolute atomic E-state index is 13.7. The smallest absolute Gasteiger partial charge is 0.240 e. The molecule has 1 aliphatic heterocycles. The molecule has 2 atom stereocenters. The Labute approximate surface area is 241 Å². The average molecular weight is 581 g/mol. The Kier molecular flexibility index (Phi) is 8.30. The van der Waals surface area contributed by atoms with Gasteiger partial charge in [-0.2, -0.15) is 16.4 Å². The molecule has 39 heavy (non-hydrogen) atoms. The number of carbonyl (C=O) groups is 2. The van der Waals surface area contributed by atoms with Gasteiger partial charge in [0.2, 0.25) is 11.8 Å². The van der Waals surface area contributed by atoms with Crippen molar-refractivity contribution >= 4 is 52.3 Å². The summed E-state index contributed by atoms with van der Waals surface area (Å²) in [6.45, 7) is 3.87. The van der Waals surface area contributed by atoms with Gasteiger partial charge < -0.3 is 10.1 Å². The fourth-order valence-corrected chi connectivity index (χ4v) is 6.58. The number of aromatic nitrogens is 2. The molecule has 0 saturated carbocycles. The van der Waals surface area contributed by atoms with Crippen molar-refractivity contribution < 1.29 is 14.3 Å². The maximum atomic E-state index is 13.7. The summed E-state index contributed by atoms with van der Waals surface area (Å²) in [5, 5.41) is 12.7. The monoisotopic (exact) mass is 580 g/mol. The van der Waals surface area contributed by atoms with Crippen molar-refractivity contribution in [1.29, 1.82) is 0 Å². The first-order valence-corrected chi connectivity index (χ1v) is 15.0. The number of ether oxygens (including phenoxy) is 1. The third-order valence-corrected chi connectivity index (χ3v) is 8.90. The first-order chi connectivity index (χ1) is 18.9. The lowest BCUT2D eigenvalue weighted by Crippen LogP contribution is -2.44. The van der Waals surface area contributed by atoms with Crippen LogP contribution in [0.2, 0.25) is 5.02 Å². The van der Waals surface area contributed by atoms with E-state index in [9.17, 15) is 9.59 Å². The summed E-state index contributed by atoms with van der Waals surface area (Å²) >= 11 is 9.39. The molecule has 10 heteroatoms. The van der Waals surface area contributed by atoms with Crippen LogP contribution >= 0.6 is 34.7 Å². The van der Waals surface area contributed by atoms with E-state index in [-0.39, 0.29) is 35.4 Å². The van der Waals surface area contributed by atoms with Crippen LogP contribution in [0.15, 0.2) is 65.4 Å². The van der Waals surface area contributed by atoms with Crippen molar-refractivity contribution in [3.63, 3.8) is 0 Å². The van der Waals surface area contributed by atoms with Crippen LogP contribution in [0.3, 0.4) is 0 Å². The van der Waals surface area contributed by atoms with Crippen molar-refractivity contribution in [2.45, 2.75) is 31.6 Å². The topological polar surface area (TPSA) is 76.5 Å². The number of thioether (sulfide) groups is 1. The summed E-state index contributed by atoms with van der Waals surface area (Å²) in [5.41, 5.74) is 4.35. The summed E-state index contributed by atoms with van der Waals surface area (Å²) in [6, 6.07) is 17.1. The third kappa shape index (κ3) is 5.71. The Bertz CT molecular complexity index is 1450. The maximum Gasteiger partial charge on any atom is 0.240 e. The van der Waals surface area contributed by atoms with Gasteiger partial charge in [0.1, 0.15) is 18.1 Å². The molecule has 3 heterocycles. The summed E-state index contributed by atoms with van der Waals surface area (Å²) in [7, 11) is 1.62. The average Bonchev–Trinajstić information content (AvgIpc) is 3.59. The number of hydrogen-bond acceptors (Lipinski definition) is 6. The van der Waals surface area contributed by atoms with Crippen LogP contribution in [0, 0.1) is 0 Å². The molecule has 1 aliphatic rings. The lowest BCUT2D eigenvalue weighted by atomic mass is 10.0. The van der Waals surface area contributed by atoms with E-state index in [0.29, 0.717) is 16.6 Å². The van der Waals surface area contributed by atoms with Crippen molar-refractivity contribution in [3.05, 3.63) is 81.5 Å². The number of thiophene rings is 1. The SMILES string of the molecule is CC[C@H](C)NC(=O)CN1C(=O)CS[C@H](c2ccsc2)c2c(-c3ccc(Cl)cc3)nn(-c3ccc(OC)cc3)c21. The minimum atomic E-state index is -0.210. The number of halogens is 1. The molecule has 2 aromatic heterocycles. The Morgan fingerprint density at radius 2 is 1.92 bits per heavy atom. The zero-order valence-corrected chi connectivity index (χ0v) is 24.3. The highest BCUT2D eigenvalue weighted by Gasteiger charge is 2.38. The molecule has 0 fully saturated rings. The number of anilines is 1. The summed E-state index contributed by atoms with van der Waals surface area (Å²) in [5.74, 6) is 1.18. The van der Waals surface area contributed by atoms with Crippen LogP contribution in [0.1, 0.15) is 36.6 Å². The van der Waals surface area contributed by atoms with Crippen LogP contribution in [-0.2, 0) is 9.59 Å². The van der Waals surface area contributed by atoms with Gasteiger partial charge in [-0.1, -0.05) is 30.7 Å². The van der Waals surface area contributed by atoms with Gasteiger partial charge in [-0.15, -0.1) is 11.8 Å². The van der Waals surface area contributed by atoms with Gasteiger partial charge in [0.15, 0.2) is 0 Å². The van der Waals surface area contributed by atoms with Crippen LogP contribution < -0.4 is 15.0 Å². The van der Waals surface area contributed by atoms with E-state index in [0.717, 1.165) is 34.5 Å². The fourth-order valence-electron chi connectivity index (χ4n) is 4.50. The van der Waals surface area contributed by atoms with Gasteiger partial charge in [-0.05, 0) is 72.1 Å². The van der Waals surface area contributed by atoms with E-state index in [2.05, 4.69) is 16.8 Å². The number of benzene rings is 2. The number of amides is 2. The van der Waals surface area contributed by atoms with Gasteiger partial charge in [-0.3, -0.25) is 14.5 Å². The third-order valence-electron chi connectivity index (χ3n) is 6.69. The van der Waals surface area contributed by atoms with E-state index >= 15 is 0 Å². The lowest BCUT2D eigenvalue weighted by Gasteiger charge is -2.24. The summed E-state index contributed by atoms with van der Waals surface area (Å²) in [6.07, 6.45) is 0.797. The van der Waals surface area contributed by atoms with Crippen molar-refractivity contribution in [2.24, 2.45) is 0 Å². The predicted molar refractivity (Wildman–Crippen MR) is 159 cm³/mol. The Hall–Kier alpha value is -3.27. The van der Waals surface area contributed by atoms with E-state index in [1.807, 2.05) is 67.8 Å². The molecule has 5 rings (SSSR count). The second-order valence-corrected chi connectivity index (χ2v) is 11.6. The van der Waals surface area contributed by atoms with E-state index in [1.165, 1.54) is 0 Å². The van der Waals surface area contributed by atoms with E-state index < -0.39 is 0 Å². The Morgan fingerprint density at radius 1 is 1.18 bits per heavy atom. The lowest BCUT2D eigenvalue weighted by molar-refractivity contribution is -0.123. The van der Waals surface area contributed by atoms with E-state index in [4.69, 9.17) is 21.4 Å². The molecule has 0 spiro atoms. The normalized spacial score (nSPS) is 15.9. The molecule has 0 saturated heterocycles. The minimum absolute atomic E-state index is 0.00288. The number of nitrogens with one attached hydrogen (secondary N) is 1. The first kappa shape index (κ1) is 27.3. The molecule has 0 unspecified atom stereocenters. The number of methoxy groups -OCH3 is 1. The number of carbonyl (C=O) groups excluding carboxylic acids is 2. The molecule has 2 aromatic carbocycles. The number of hydrogen-bond donors (Lipinski definition) is 1. The molecule has 1 N–H and O–H groups in total. The standard InChI is InChI=1S/C29H29ClN4O3S2/c1-4-18(2)31-24(35)15-33-25(36)17-39-28(20-13-14-38-16-20)26-27(19-5-7-21(30)8-6-19)32-34(29(26)33)22-9-11-23(37-3)12-10-22/h5-14,16,18,28H,4,15,17H2,1-3H3,(H,31,35)/t18-,28+/m0/s1. The highest BCUT2D eigenvalue weighted by molar-refractivity contribution is 8.00. The quantitative estimate of drug-likeness (QED) is 0.263. The highest BCUT2D eigenvalue weighted by Crippen LogP contribution is 2.49. The molecule has 0 aliphatic carbocycles. The zero-order chi connectivity index (χ0) is 27.5. The van der Waals surface area contributed by atoms with Crippen LogP contribution in [0.5, 0.6) is 5.75 Å². The number of nitrogens with zero attached hydrogens (tertiary/aromatic N) is 3. The molecular formula is C29H29ClN4O3S2. The molecule has 0 radical (unpaired) electrons. The molecule has 2 amide bonds. The Balaban J connectivity index is 1.75. The summed E-state index contributed by atoms with van der Waals surface area (Å²) in [4.78, 5) is 28.4. The first-order valence-electron chi connectivity index (χ1n) is 12.7. The van der Waals surface area contributed by atoms with Crippen LogP contribution in [0.4, 0.5) is 5.82 Å². The second-order valence-electron chi connectivity index (χ2n) is 9.31. The zero-order valence-electron chi connectivity index (χ0n) is 21.9. The van der Waals surface area contributed by atoms with Gasteiger partial charge in [0, 0.05) is 22.2 Å². The van der Waals surface area contributed by atoms with Gasteiger partial charge >= 0.3 is 0 Å². The van der Waals surface area contributed by atoms with Crippen molar-refractivity contribution in [3.8, 4) is 22.7 Å². The largest absolute Gasteiger partial charge is 0.497 e. The van der Waals surface area contributed by atoms with Gasteiger partial charge in [0.25, 0.3) is 0 Å². The highest BCUT2D eigenvalue weighted by atomic mass is 35.5. The fraction of sp³-hybridized carbons (Fsp3) is 0.276. The van der Waals surface area contributed by atoms with E-state index in [1.54, 1.807) is 39.8 Å². The van der Waals surface area contributed by atoms with Crippen LogP contribution in [-0.4, -0.2) is 47.0 Å². The number of fused-ring (bicyclic) bond motifs is 1.